The summed E-state index contributed by atoms with van der Waals surface area (Å²) >= 11 is 0. The molecule has 100 valence electrons. The molecule has 0 aliphatic carbocycles. The fraction of sp³-hybridized carbons (Fsp3) is 0.462. The van der Waals surface area contributed by atoms with Crippen LogP contribution >= 0.6 is 0 Å². The van der Waals surface area contributed by atoms with Crippen molar-refractivity contribution in [1.29, 1.82) is 0 Å². The van der Waals surface area contributed by atoms with E-state index in [2.05, 4.69) is 0 Å². The van der Waals surface area contributed by atoms with Crippen LogP contribution in [0.5, 0.6) is 0 Å². The molecule has 1 aromatic carbocycles. The van der Waals surface area contributed by atoms with Crippen LogP contribution in [0, 0.1) is 12.7 Å². The zero-order valence-corrected chi connectivity index (χ0v) is 10.6. The number of methoxy groups -OCH3 is 1. The van der Waals surface area contributed by atoms with Gasteiger partial charge in [-0.1, -0.05) is 0 Å². The number of rotatable bonds is 7. The van der Waals surface area contributed by atoms with Crippen LogP contribution in [-0.2, 0) is 14.2 Å². The summed E-state index contributed by atoms with van der Waals surface area (Å²) in [5.74, 6) is -0.817. The topological polar surface area (TPSA) is 44.8 Å². The van der Waals surface area contributed by atoms with E-state index in [9.17, 15) is 9.18 Å². The van der Waals surface area contributed by atoms with Gasteiger partial charge in [0.15, 0.2) is 0 Å². The number of hydrogen-bond donors (Lipinski definition) is 0. The highest BCUT2D eigenvalue weighted by Gasteiger charge is 2.08. The molecule has 0 saturated heterocycles. The number of carbonyl (C=O) groups is 1. The van der Waals surface area contributed by atoms with E-state index in [0.717, 1.165) is 0 Å². The van der Waals surface area contributed by atoms with E-state index in [1.165, 1.54) is 18.2 Å². The molecule has 1 rings (SSSR count). The maximum absolute atomic E-state index is 13.0. The van der Waals surface area contributed by atoms with Gasteiger partial charge in [0, 0.05) is 7.11 Å². The zero-order chi connectivity index (χ0) is 13.4. The van der Waals surface area contributed by atoms with Gasteiger partial charge < -0.3 is 14.2 Å². The second kappa shape index (κ2) is 7.79. The van der Waals surface area contributed by atoms with Crippen LogP contribution in [0.2, 0.25) is 0 Å². The molecule has 0 aliphatic heterocycles. The highest BCUT2D eigenvalue weighted by molar-refractivity contribution is 5.89. The van der Waals surface area contributed by atoms with Gasteiger partial charge in [-0.15, -0.1) is 0 Å². The molecule has 0 unspecified atom stereocenters. The molecule has 0 heterocycles. The number of halogens is 1. The van der Waals surface area contributed by atoms with Crippen LogP contribution in [0.3, 0.4) is 0 Å². The van der Waals surface area contributed by atoms with Gasteiger partial charge in [-0.05, 0) is 30.7 Å². The summed E-state index contributed by atoms with van der Waals surface area (Å²) in [6, 6.07) is 4.11. The third-order valence-electron chi connectivity index (χ3n) is 2.29. The van der Waals surface area contributed by atoms with Crippen LogP contribution < -0.4 is 0 Å². The second-order valence-electron chi connectivity index (χ2n) is 3.71. The Kier molecular flexibility index (Phi) is 6.32. The Hall–Kier alpha value is -1.46. The molecule has 18 heavy (non-hydrogen) atoms. The fourth-order valence-corrected chi connectivity index (χ4v) is 1.29. The van der Waals surface area contributed by atoms with Gasteiger partial charge in [-0.3, -0.25) is 0 Å². The molecule has 0 radical (unpaired) electrons. The van der Waals surface area contributed by atoms with Crippen LogP contribution in [0.25, 0.3) is 0 Å². The fourth-order valence-electron chi connectivity index (χ4n) is 1.29. The largest absolute Gasteiger partial charge is 0.460 e. The Morgan fingerprint density at radius 2 is 1.94 bits per heavy atom. The predicted octanol–water partition coefficient (Wildman–Crippen LogP) is 1.95. The van der Waals surface area contributed by atoms with Gasteiger partial charge in [-0.2, -0.15) is 0 Å². The van der Waals surface area contributed by atoms with Crippen molar-refractivity contribution >= 4 is 5.97 Å². The minimum atomic E-state index is -0.478. The maximum atomic E-state index is 13.0. The highest BCUT2D eigenvalue weighted by Crippen LogP contribution is 2.10. The third-order valence-corrected chi connectivity index (χ3v) is 2.29. The number of benzene rings is 1. The number of hydrogen-bond acceptors (Lipinski definition) is 4. The maximum Gasteiger partial charge on any atom is 0.338 e. The van der Waals surface area contributed by atoms with Crippen molar-refractivity contribution in [2.75, 3.05) is 33.5 Å². The number of esters is 1. The Balaban J connectivity index is 2.30. The Morgan fingerprint density at radius 3 is 2.61 bits per heavy atom. The minimum Gasteiger partial charge on any atom is -0.460 e. The minimum absolute atomic E-state index is 0.166. The van der Waals surface area contributed by atoms with Gasteiger partial charge >= 0.3 is 5.97 Å². The van der Waals surface area contributed by atoms with Crippen molar-refractivity contribution in [3.05, 3.63) is 35.1 Å². The molecule has 0 bridgehead atoms. The lowest BCUT2D eigenvalue weighted by atomic mass is 10.1. The first-order valence-electron chi connectivity index (χ1n) is 5.65. The molecule has 0 atom stereocenters. The Morgan fingerprint density at radius 1 is 1.22 bits per heavy atom. The van der Waals surface area contributed by atoms with E-state index < -0.39 is 5.97 Å². The van der Waals surface area contributed by atoms with E-state index in [-0.39, 0.29) is 12.4 Å². The summed E-state index contributed by atoms with van der Waals surface area (Å²) in [6.07, 6.45) is 0. The van der Waals surface area contributed by atoms with E-state index in [1.54, 1.807) is 14.0 Å². The monoisotopic (exact) mass is 256 g/mol. The lowest BCUT2D eigenvalue weighted by Gasteiger charge is -2.06. The summed E-state index contributed by atoms with van der Waals surface area (Å²) in [5.41, 5.74) is 0.756. The Bertz CT molecular complexity index is 393. The standard InChI is InChI=1S/C13H17FO4/c1-10-9-11(3-4-12(10)14)13(15)18-8-7-17-6-5-16-2/h3-4,9H,5-8H2,1-2H3. The van der Waals surface area contributed by atoms with Crippen LogP contribution in [0.4, 0.5) is 4.39 Å². The molecule has 0 saturated carbocycles. The normalized spacial score (nSPS) is 10.4. The van der Waals surface area contributed by atoms with E-state index in [0.29, 0.717) is 30.9 Å². The van der Waals surface area contributed by atoms with Gasteiger partial charge in [-0.25, -0.2) is 9.18 Å². The van der Waals surface area contributed by atoms with Crippen molar-refractivity contribution in [3.8, 4) is 0 Å². The van der Waals surface area contributed by atoms with Crippen molar-refractivity contribution in [2.45, 2.75) is 6.92 Å². The van der Waals surface area contributed by atoms with Crippen LogP contribution in [-0.4, -0.2) is 39.5 Å². The number of aryl methyl sites for hydroxylation is 1. The molecule has 0 N–H and O–H groups in total. The van der Waals surface area contributed by atoms with Gasteiger partial charge in [0.25, 0.3) is 0 Å². The first-order valence-corrected chi connectivity index (χ1v) is 5.65. The Labute approximate surface area is 106 Å². The lowest BCUT2D eigenvalue weighted by Crippen LogP contribution is -2.12. The molecule has 0 aliphatic rings. The average Bonchev–Trinajstić information content (AvgIpc) is 2.36. The van der Waals surface area contributed by atoms with Crippen molar-refractivity contribution < 1.29 is 23.4 Å². The predicted molar refractivity (Wildman–Crippen MR) is 64.1 cm³/mol. The molecule has 1 aromatic rings. The van der Waals surface area contributed by atoms with Gasteiger partial charge in [0.1, 0.15) is 12.4 Å². The zero-order valence-electron chi connectivity index (χ0n) is 10.6. The van der Waals surface area contributed by atoms with Gasteiger partial charge in [0.2, 0.25) is 0 Å². The SMILES string of the molecule is COCCOCCOC(=O)c1ccc(F)c(C)c1. The quantitative estimate of drug-likeness (QED) is 0.552. The molecule has 0 spiro atoms. The van der Waals surface area contributed by atoms with E-state index in [1.807, 2.05) is 0 Å². The first-order chi connectivity index (χ1) is 8.65. The molecule has 5 heteroatoms. The van der Waals surface area contributed by atoms with Crippen LogP contribution in [0.1, 0.15) is 15.9 Å². The van der Waals surface area contributed by atoms with Gasteiger partial charge in [0.05, 0.1) is 25.4 Å². The highest BCUT2D eigenvalue weighted by atomic mass is 19.1. The average molecular weight is 256 g/mol. The lowest BCUT2D eigenvalue weighted by molar-refractivity contribution is 0.0213. The number of ether oxygens (including phenoxy) is 3. The summed E-state index contributed by atoms with van der Waals surface area (Å²) in [6.45, 7) is 3.04. The second-order valence-corrected chi connectivity index (χ2v) is 3.71. The molecule has 0 amide bonds. The summed E-state index contributed by atoms with van der Waals surface area (Å²) in [5, 5.41) is 0. The van der Waals surface area contributed by atoms with Crippen molar-refractivity contribution in [1.82, 2.24) is 0 Å². The number of carbonyl (C=O) groups excluding carboxylic acids is 1. The van der Waals surface area contributed by atoms with Crippen LogP contribution in [0.15, 0.2) is 18.2 Å². The third kappa shape index (κ3) is 4.81. The summed E-state index contributed by atoms with van der Waals surface area (Å²) in [7, 11) is 1.58. The molecular formula is C13H17FO4. The first kappa shape index (κ1) is 14.6. The van der Waals surface area contributed by atoms with Crippen molar-refractivity contribution in [2.24, 2.45) is 0 Å². The molecule has 0 aromatic heterocycles. The summed E-state index contributed by atoms with van der Waals surface area (Å²) in [4.78, 5) is 11.6. The smallest absolute Gasteiger partial charge is 0.338 e. The molecular weight excluding hydrogens is 239 g/mol. The van der Waals surface area contributed by atoms with E-state index >= 15 is 0 Å². The molecule has 0 fully saturated rings. The van der Waals surface area contributed by atoms with Crippen molar-refractivity contribution in [3.63, 3.8) is 0 Å². The van der Waals surface area contributed by atoms with E-state index in [4.69, 9.17) is 14.2 Å². The molecule has 4 nitrogen and oxygen atoms in total. The summed E-state index contributed by atoms with van der Waals surface area (Å²) < 4.78 is 27.9.